The molecule has 124 valence electrons. The van der Waals surface area contributed by atoms with Gasteiger partial charge in [-0.15, -0.1) is 0 Å². The Labute approximate surface area is 136 Å². The molecule has 0 amide bonds. The molecule has 3 aliphatic rings. The number of allylic oxidation sites excluding steroid dienone is 1. The molecule has 4 rings (SSSR count). The molecule has 5 heteroatoms. The zero-order valence-electron chi connectivity index (χ0n) is 14.5. The Bertz CT molecular complexity index is 758. The van der Waals surface area contributed by atoms with E-state index in [-0.39, 0.29) is 12.2 Å². The summed E-state index contributed by atoms with van der Waals surface area (Å²) in [5, 5.41) is 4.09. The normalized spacial score (nSPS) is 24.7. The average Bonchev–Trinajstić information content (AvgIpc) is 2.51. The molecule has 1 aromatic rings. The summed E-state index contributed by atoms with van der Waals surface area (Å²) in [6.07, 6.45) is 4.46. The summed E-state index contributed by atoms with van der Waals surface area (Å²) in [6, 6.07) is 0. The Morgan fingerprint density at radius 2 is 2.13 bits per heavy atom. The third-order valence-electron chi connectivity index (χ3n) is 5.88. The Morgan fingerprint density at radius 3 is 2.74 bits per heavy atom. The van der Waals surface area contributed by atoms with E-state index >= 15 is 0 Å². The van der Waals surface area contributed by atoms with Gasteiger partial charge in [-0.2, -0.15) is 5.10 Å². The van der Waals surface area contributed by atoms with Crippen LogP contribution in [0.1, 0.15) is 48.3 Å². The molecule has 1 saturated carbocycles. The number of fused-ring (bicyclic) bond motifs is 1. The molecule has 0 spiro atoms. The number of carbonyl (C=O) groups excluding carboxylic acids is 1. The minimum Gasteiger partial charge on any atom is -0.457 e. The second-order valence-corrected chi connectivity index (χ2v) is 7.41. The number of aryl methyl sites for hydroxylation is 2. The van der Waals surface area contributed by atoms with Gasteiger partial charge in [0, 0.05) is 7.05 Å². The Hall–Kier alpha value is -1.91. The Kier molecular flexibility index (Phi) is 3.69. The summed E-state index contributed by atoms with van der Waals surface area (Å²) >= 11 is 0. The van der Waals surface area contributed by atoms with E-state index in [1.807, 2.05) is 0 Å². The lowest BCUT2D eigenvalue weighted by molar-refractivity contribution is -0.0155. The van der Waals surface area contributed by atoms with Gasteiger partial charge >= 0.3 is 5.97 Å². The number of aromatic nitrogens is 2. The second kappa shape index (κ2) is 5.32. The monoisotopic (exact) mass is 316 g/mol. The number of hydrogen-bond acceptors (Lipinski definition) is 4. The average molecular weight is 316 g/mol. The van der Waals surface area contributed by atoms with Crippen molar-refractivity contribution in [2.45, 2.75) is 40.5 Å². The van der Waals surface area contributed by atoms with Crippen molar-refractivity contribution in [2.24, 2.45) is 24.3 Å². The van der Waals surface area contributed by atoms with Crippen LogP contribution in [0.2, 0.25) is 0 Å². The molecule has 0 aromatic carbocycles. The number of hydrogen-bond donors (Lipinski definition) is 0. The molecule has 2 atom stereocenters. The number of ether oxygens (including phenoxy) is 1. The third-order valence-corrected chi connectivity index (χ3v) is 5.88. The van der Waals surface area contributed by atoms with Crippen LogP contribution in [0.4, 0.5) is 0 Å². The van der Waals surface area contributed by atoms with Crippen LogP contribution in [0.25, 0.3) is 0 Å². The fraction of sp³-hybridized carbons (Fsp3) is 0.611. The minimum absolute atomic E-state index is 0.0992. The van der Waals surface area contributed by atoms with Crippen molar-refractivity contribution >= 4 is 5.97 Å². The molecule has 0 saturated heterocycles. The fourth-order valence-corrected chi connectivity index (χ4v) is 3.95. The van der Waals surface area contributed by atoms with E-state index in [4.69, 9.17) is 4.74 Å². The predicted molar refractivity (Wildman–Crippen MR) is 87.3 cm³/mol. The van der Waals surface area contributed by atoms with E-state index in [1.165, 1.54) is 16.7 Å². The van der Waals surface area contributed by atoms with Gasteiger partial charge in [-0.05, 0) is 55.1 Å². The first-order chi connectivity index (χ1) is 10.7. The molecule has 1 fully saturated rings. The Balaban J connectivity index is 1.77. The maximum Gasteiger partial charge on any atom is 0.344 e. The van der Waals surface area contributed by atoms with E-state index in [1.54, 1.807) is 20.9 Å². The molecule has 0 N–H and O–H groups in total. The Morgan fingerprint density at radius 1 is 1.43 bits per heavy atom. The molecule has 0 radical (unpaired) electrons. The van der Waals surface area contributed by atoms with Crippen molar-refractivity contribution in [1.29, 1.82) is 0 Å². The van der Waals surface area contributed by atoms with Gasteiger partial charge in [-0.3, -0.25) is 4.79 Å². The van der Waals surface area contributed by atoms with Crippen LogP contribution < -0.4 is 5.56 Å². The van der Waals surface area contributed by atoms with Crippen molar-refractivity contribution in [3.8, 4) is 0 Å². The quantitative estimate of drug-likeness (QED) is 0.635. The molecule has 0 aliphatic heterocycles. The van der Waals surface area contributed by atoms with Gasteiger partial charge in [0.05, 0.1) is 5.69 Å². The van der Waals surface area contributed by atoms with Crippen molar-refractivity contribution in [1.82, 2.24) is 9.78 Å². The molecular weight excluding hydrogens is 292 g/mol. The molecule has 2 bridgehead atoms. The van der Waals surface area contributed by atoms with Crippen LogP contribution in [0.15, 0.2) is 16.4 Å². The maximum atomic E-state index is 12.4. The van der Waals surface area contributed by atoms with Gasteiger partial charge in [0.25, 0.3) is 5.56 Å². The van der Waals surface area contributed by atoms with Crippen LogP contribution >= 0.6 is 0 Å². The summed E-state index contributed by atoms with van der Waals surface area (Å²) in [6.45, 7) is 8.37. The zero-order chi connectivity index (χ0) is 16.9. The number of nitrogens with zero attached hydrogens (tertiary/aromatic N) is 2. The maximum absolute atomic E-state index is 12.4. The van der Waals surface area contributed by atoms with Crippen molar-refractivity contribution < 1.29 is 9.53 Å². The summed E-state index contributed by atoms with van der Waals surface area (Å²) in [5.74, 6) is 0.704. The molecule has 23 heavy (non-hydrogen) atoms. The van der Waals surface area contributed by atoms with Crippen molar-refractivity contribution in [3.63, 3.8) is 0 Å². The SMILES string of the molecule is Cc1nn(C)c(=O)c(C(=O)OCC2=CCC3CC2C3(C)C)c1C. The highest BCUT2D eigenvalue weighted by Gasteiger charge is 2.51. The van der Waals surface area contributed by atoms with E-state index in [9.17, 15) is 9.59 Å². The van der Waals surface area contributed by atoms with E-state index in [2.05, 4.69) is 25.0 Å². The summed E-state index contributed by atoms with van der Waals surface area (Å²) in [4.78, 5) is 24.6. The highest BCUT2D eigenvalue weighted by atomic mass is 16.5. The van der Waals surface area contributed by atoms with Crippen LogP contribution in [0.5, 0.6) is 0 Å². The number of rotatable bonds is 3. The van der Waals surface area contributed by atoms with Gasteiger partial charge in [0.2, 0.25) is 0 Å². The van der Waals surface area contributed by atoms with Gasteiger partial charge < -0.3 is 4.74 Å². The van der Waals surface area contributed by atoms with Gasteiger partial charge in [0.1, 0.15) is 12.2 Å². The van der Waals surface area contributed by atoms with Crippen molar-refractivity contribution in [3.05, 3.63) is 38.8 Å². The van der Waals surface area contributed by atoms with E-state index < -0.39 is 11.5 Å². The fourth-order valence-electron chi connectivity index (χ4n) is 3.95. The van der Waals surface area contributed by atoms with Gasteiger partial charge in [0.15, 0.2) is 0 Å². The molecular formula is C18H24N2O3. The summed E-state index contributed by atoms with van der Waals surface area (Å²) in [7, 11) is 1.55. The van der Waals surface area contributed by atoms with Crippen LogP contribution in [0.3, 0.4) is 0 Å². The number of carbonyl (C=O) groups is 1. The minimum atomic E-state index is -0.547. The largest absolute Gasteiger partial charge is 0.457 e. The highest BCUT2D eigenvalue weighted by molar-refractivity contribution is 5.90. The lowest BCUT2D eigenvalue weighted by atomic mass is 9.49. The van der Waals surface area contributed by atoms with Crippen LogP contribution in [-0.2, 0) is 11.8 Å². The molecule has 2 unspecified atom stereocenters. The lowest BCUT2D eigenvalue weighted by Crippen LogP contribution is -2.48. The molecule has 1 aromatic heterocycles. The predicted octanol–water partition coefficient (Wildman–Crippen LogP) is 2.55. The zero-order valence-corrected chi connectivity index (χ0v) is 14.5. The first-order valence-electron chi connectivity index (χ1n) is 8.14. The van der Waals surface area contributed by atoms with Crippen LogP contribution in [-0.4, -0.2) is 22.4 Å². The highest BCUT2D eigenvalue weighted by Crippen LogP contribution is 2.59. The first kappa shape index (κ1) is 16.0. The standard InChI is InChI=1S/C18H24N2O3/c1-10-11(2)19-20(5)16(21)15(10)17(22)23-9-12-6-7-13-8-14(12)18(13,3)4/h6,13-14H,7-9H2,1-5H3. The topological polar surface area (TPSA) is 61.2 Å². The van der Waals surface area contributed by atoms with E-state index in [0.29, 0.717) is 22.6 Å². The first-order valence-corrected chi connectivity index (χ1v) is 8.14. The molecule has 3 aliphatic carbocycles. The molecule has 5 nitrogen and oxygen atoms in total. The third kappa shape index (κ3) is 2.42. The van der Waals surface area contributed by atoms with Crippen LogP contribution in [0, 0.1) is 31.1 Å². The van der Waals surface area contributed by atoms with Gasteiger partial charge in [-0.1, -0.05) is 19.9 Å². The van der Waals surface area contributed by atoms with Gasteiger partial charge in [-0.25, -0.2) is 9.48 Å². The van der Waals surface area contributed by atoms with Crippen molar-refractivity contribution in [2.75, 3.05) is 6.61 Å². The molecule has 1 heterocycles. The smallest absolute Gasteiger partial charge is 0.344 e. The summed E-state index contributed by atoms with van der Waals surface area (Å²) < 4.78 is 6.67. The van der Waals surface area contributed by atoms with E-state index in [0.717, 1.165) is 12.3 Å². The second-order valence-electron chi connectivity index (χ2n) is 7.41. The summed E-state index contributed by atoms with van der Waals surface area (Å²) in [5.41, 5.74) is 2.46. The number of esters is 1. The lowest BCUT2D eigenvalue weighted by Gasteiger charge is -2.56.